The minimum absolute atomic E-state index is 0.174. The van der Waals surface area contributed by atoms with Crippen LogP contribution < -0.4 is 26.5 Å². The molecule has 0 N–H and O–H groups in total. The Bertz CT molecular complexity index is 1560. The van der Waals surface area contributed by atoms with Gasteiger partial charge in [-0.2, -0.15) is 0 Å². The van der Waals surface area contributed by atoms with Crippen LogP contribution in [0.5, 0.6) is 0 Å². The monoisotopic (exact) mass is 537 g/mol. The Labute approximate surface area is 242 Å². The summed E-state index contributed by atoms with van der Waals surface area (Å²) in [5.74, 6) is 0. The molecule has 5 rings (SSSR count). The molecule has 0 aliphatic heterocycles. The predicted octanol–water partition coefficient (Wildman–Crippen LogP) is 5.38. The van der Waals surface area contributed by atoms with Gasteiger partial charge in [-0.1, -0.05) is 153 Å². The third-order valence-corrected chi connectivity index (χ3v) is 11.0. The van der Waals surface area contributed by atoms with Crippen LogP contribution in [0.15, 0.2) is 109 Å². The Kier molecular flexibility index (Phi) is 8.54. The first-order valence-corrected chi connectivity index (χ1v) is 15.7. The van der Waals surface area contributed by atoms with Crippen LogP contribution in [0.2, 0.25) is 0 Å². The lowest BCUT2D eigenvalue weighted by atomic mass is 9.52. The number of aryl methyl sites for hydroxylation is 6. The summed E-state index contributed by atoms with van der Waals surface area (Å²) in [6.45, 7) is 13.8. The van der Waals surface area contributed by atoms with Crippen LogP contribution in [0.3, 0.4) is 0 Å². The molecule has 0 amide bonds. The smallest absolute Gasteiger partial charge is 0.362 e. The minimum Gasteiger partial charge on any atom is -0.423 e. The summed E-state index contributed by atoms with van der Waals surface area (Å²) in [4.78, 5) is 0. The van der Waals surface area contributed by atoms with Gasteiger partial charge < -0.3 is 4.65 Å². The molecule has 0 aliphatic rings. The van der Waals surface area contributed by atoms with Gasteiger partial charge in [-0.05, 0) is 63.2 Å². The van der Waals surface area contributed by atoms with Crippen LogP contribution in [0, 0.1) is 41.5 Å². The molecule has 0 aromatic heterocycles. The van der Waals surface area contributed by atoms with Gasteiger partial charge in [0.2, 0.25) is 0 Å². The van der Waals surface area contributed by atoms with Gasteiger partial charge in [-0.15, -0.1) is 0 Å². The van der Waals surface area contributed by atoms with E-state index in [0.29, 0.717) is 6.61 Å². The molecule has 3 heteroatoms. The van der Waals surface area contributed by atoms with Crippen LogP contribution >= 0.6 is 0 Å². The predicted molar refractivity (Wildman–Crippen MR) is 175 cm³/mol. The van der Waals surface area contributed by atoms with Gasteiger partial charge in [0, 0.05) is 0 Å². The zero-order chi connectivity index (χ0) is 28.2. The van der Waals surface area contributed by atoms with E-state index in [9.17, 15) is 0 Å². The second kappa shape index (κ2) is 12.2. The van der Waals surface area contributed by atoms with E-state index in [1.54, 1.807) is 0 Å². The second-order valence-electron chi connectivity index (χ2n) is 11.1. The van der Waals surface area contributed by atoms with Gasteiger partial charge in [-0.3, -0.25) is 0 Å². The highest BCUT2D eigenvalue weighted by Gasteiger charge is 2.33. The van der Waals surface area contributed by atoms with Crippen molar-refractivity contribution in [1.82, 2.24) is 0 Å². The summed E-state index contributed by atoms with van der Waals surface area (Å²) in [6.07, 6.45) is 0. The second-order valence-corrected chi connectivity index (χ2v) is 13.5. The first-order chi connectivity index (χ1) is 19.3. The van der Waals surface area contributed by atoms with Gasteiger partial charge in [-0.25, -0.2) is 0 Å². The maximum absolute atomic E-state index is 6.96. The quantitative estimate of drug-likeness (QED) is 0.191. The van der Waals surface area contributed by atoms with Gasteiger partial charge >= 0.3 is 6.92 Å². The average molecular weight is 538 g/mol. The Morgan fingerprint density at radius 1 is 0.575 bits per heavy atom. The Morgan fingerprint density at radius 2 is 1.07 bits per heavy atom. The maximum atomic E-state index is 6.96. The lowest BCUT2D eigenvalue weighted by Crippen LogP contribution is -2.63. The highest BCUT2D eigenvalue weighted by molar-refractivity contribution is 7.00. The van der Waals surface area contributed by atoms with Crippen molar-refractivity contribution in [2.75, 3.05) is 0 Å². The fourth-order valence-electron chi connectivity index (χ4n) is 6.25. The van der Waals surface area contributed by atoms with E-state index >= 15 is 0 Å². The van der Waals surface area contributed by atoms with Crippen molar-refractivity contribution in [1.29, 1.82) is 0 Å². The first kappa shape index (κ1) is 27.9. The molecule has 5 aromatic rings. The zero-order valence-electron chi connectivity index (χ0n) is 24.6. The van der Waals surface area contributed by atoms with E-state index in [1.807, 2.05) is 0 Å². The van der Waals surface area contributed by atoms with Crippen LogP contribution in [-0.4, -0.2) is 15.7 Å². The van der Waals surface area contributed by atoms with Crippen molar-refractivity contribution < 1.29 is 4.65 Å². The fourth-order valence-corrected chi connectivity index (χ4v) is 9.35. The van der Waals surface area contributed by atoms with Crippen molar-refractivity contribution >= 4 is 42.2 Å². The van der Waals surface area contributed by atoms with Gasteiger partial charge in [0.1, 0.15) is 0 Å². The largest absolute Gasteiger partial charge is 0.423 e. The summed E-state index contributed by atoms with van der Waals surface area (Å²) in [5.41, 5.74) is 11.6. The standard InChI is InChI=1S/C37H38BOSi/c1-26-21-28(3)36(29(4)22-26)38(39-25-32-15-9-7-10-16-32)34-19-13-14-20-35(34)40(33-17-11-8-12-18-33)37-30(5)23-27(2)24-31(37)6/h7-24H,25H2,1-6H3. The fraction of sp³-hybridized carbons (Fsp3) is 0.189. The Hall–Kier alpha value is -3.66. The lowest BCUT2D eigenvalue weighted by Gasteiger charge is -2.27. The molecule has 1 radical (unpaired) electrons. The maximum Gasteiger partial charge on any atom is 0.362 e. The van der Waals surface area contributed by atoms with E-state index in [1.165, 1.54) is 65.4 Å². The van der Waals surface area contributed by atoms with Crippen LogP contribution in [0.4, 0.5) is 0 Å². The molecule has 0 atom stereocenters. The highest BCUT2D eigenvalue weighted by atomic mass is 28.3. The number of hydrogen-bond donors (Lipinski definition) is 0. The average Bonchev–Trinajstić information content (AvgIpc) is 2.93. The topological polar surface area (TPSA) is 9.23 Å². The SMILES string of the molecule is Cc1cc(C)c(B(OCc2ccccc2)c2ccccc2[Si](c2ccccc2)c2c(C)cc(C)cc2C)c(C)c1. The zero-order valence-corrected chi connectivity index (χ0v) is 25.6. The molecule has 0 unspecified atom stereocenters. The third-order valence-electron chi connectivity index (χ3n) is 7.76. The highest BCUT2D eigenvalue weighted by Crippen LogP contribution is 2.12. The van der Waals surface area contributed by atoms with Crippen molar-refractivity contribution in [2.45, 2.75) is 48.1 Å². The van der Waals surface area contributed by atoms with Crippen LogP contribution in [0.1, 0.15) is 38.9 Å². The molecule has 0 fully saturated rings. The van der Waals surface area contributed by atoms with Gasteiger partial charge in [0.15, 0.2) is 8.80 Å². The van der Waals surface area contributed by atoms with Crippen LogP contribution in [0.25, 0.3) is 0 Å². The molecule has 40 heavy (non-hydrogen) atoms. The molecular formula is C37H38BOSi. The van der Waals surface area contributed by atoms with Gasteiger partial charge in [0.25, 0.3) is 0 Å². The van der Waals surface area contributed by atoms with E-state index in [0.717, 1.165) is 0 Å². The molecule has 0 bridgehead atoms. The van der Waals surface area contributed by atoms with E-state index in [4.69, 9.17) is 4.65 Å². The van der Waals surface area contributed by atoms with Crippen molar-refractivity contribution in [2.24, 2.45) is 0 Å². The molecule has 0 spiro atoms. The van der Waals surface area contributed by atoms with Crippen molar-refractivity contribution in [3.05, 3.63) is 148 Å². The number of benzene rings is 5. The molecule has 0 saturated carbocycles. The Balaban J connectivity index is 1.74. The van der Waals surface area contributed by atoms with Crippen molar-refractivity contribution in [3.8, 4) is 0 Å². The summed E-state index contributed by atoms with van der Waals surface area (Å²) in [6, 6.07) is 39.9. The van der Waals surface area contributed by atoms with Gasteiger partial charge in [0.05, 0.1) is 6.61 Å². The number of rotatable bonds is 8. The molecule has 0 saturated heterocycles. The van der Waals surface area contributed by atoms with E-state index < -0.39 is 8.80 Å². The minimum atomic E-state index is -1.33. The summed E-state index contributed by atoms with van der Waals surface area (Å²) >= 11 is 0. The molecule has 0 aliphatic carbocycles. The van der Waals surface area contributed by atoms with Crippen LogP contribution in [-0.2, 0) is 11.3 Å². The van der Waals surface area contributed by atoms with E-state index in [2.05, 4.69) is 151 Å². The molecule has 1 nitrogen and oxygen atoms in total. The normalized spacial score (nSPS) is 11.2. The molecule has 5 aromatic carbocycles. The molecule has 199 valence electrons. The Morgan fingerprint density at radius 3 is 1.68 bits per heavy atom. The van der Waals surface area contributed by atoms with Crippen molar-refractivity contribution in [3.63, 3.8) is 0 Å². The molecule has 0 heterocycles. The van der Waals surface area contributed by atoms with E-state index in [-0.39, 0.29) is 6.92 Å². The summed E-state index contributed by atoms with van der Waals surface area (Å²) < 4.78 is 6.96. The third kappa shape index (κ3) is 5.91. The molecular weight excluding hydrogens is 499 g/mol. The summed E-state index contributed by atoms with van der Waals surface area (Å²) in [7, 11) is -1.33. The summed E-state index contributed by atoms with van der Waals surface area (Å²) in [5, 5.41) is 4.27. The number of hydrogen-bond acceptors (Lipinski definition) is 1. The first-order valence-electron chi connectivity index (χ1n) is 14.2. The lowest BCUT2D eigenvalue weighted by molar-refractivity contribution is 0.321.